The summed E-state index contributed by atoms with van der Waals surface area (Å²) in [5.74, 6) is 1.65. The van der Waals surface area contributed by atoms with E-state index in [2.05, 4.69) is 85.2 Å². The van der Waals surface area contributed by atoms with Crippen LogP contribution in [-0.2, 0) is 10.8 Å². The van der Waals surface area contributed by atoms with Crippen molar-refractivity contribution in [3.8, 4) is 5.75 Å². The van der Waals surface area contributed by atoms with E-state index in [-0.39, 0.29) is 16.8 Å². The lowest BCUT2D eigenvalue weighted by molar-refractivity contribution is 0.227. The summed E-state index contributed by atoms with van der Waals surface area (Å²) in [6.07, 6.45) is 3.79. The molecule has 0 radical (unpaired) electrons. The zero-order valence-corrected chi connectivity index (χ0v) is 26.1. The molecule has 10 heteroatoms. The van der Waals surface area contributed by atoms with Crippen LogP contribution in [0.15, 0.2) is 54.9 Å². The zero-order valence-electron chi connectivity index (χ0n) is 25.1. The highest BCUT2D eigenvalue weighted by Crippen LogP contribution is 2.39. The van der Waals surface area contributed by atoms with Gasteiger partial charge in [-0.1, -0.05) is 45.9 Å². The number of nitrogens with one attached hydrogen (secondary N) is 2. The summed E-state index contributed by atoms with van der Waals surface area (Å²) in [5, 5.41) is 16.5. The Bertz CT molecular complexity index is 1480. The van der Waals surface area contributed by atoms with Crippen LogP contribution in [0.5, 0.6) is 5.75 Å². The molecular weight excluding hydrogens is 530 g/mol. The third-order valence-electron chi connectivity index (χ3n) is 8.46. The average molecular weight is 574 g/mol. The van der Waals surface area contributed by atoms with Crippen molar-refractivity contribution >= 4 is 42.6 Å². The second-order valence-electron chi connectivity index (χ2n) is 12.3. The lowest BCUT2D eigenvalue weighted by atomic mass is 10.2. The quantitative estimate of drug-likeness (QED) is 0.103. The van der Waals surface area contributed by atoms with Gasteiger partial charge in [-0.15, -0.1) is 0 Å². The maximum atomic E-state index is 9.54. The first-order chi connectivity index (χ1) is 19.6. The van der Waals surface area contributed by atoms with Crippen LogP contribution in [0.2, 0.25) is 18.1 Å². The van der Waals surface area contributed by atoms with Gasteiger partial charge in [-0.25, -0.2) is 4.98 Å². The average Bonchev–Trinajstić information content (AvgIpc) is 3.56. The fraction of sp³-hybridized carbons (Fsp3) is 0.452. The molecule has 1 aliphatic heterocycles. The number of rotatable bonds is 11. The summed E-state index contributed by atoms with van der Waals surface area (Å²) in [6.45, 7) is 16.4. The number of imidazole rings is 1. The Kier molecular flexibility index (Phi) is 8.24. The number of anilines is 4. The number of phenols is 1. The highest BCUT2D eigenvalue weighted by atomic mass is 28.4. The summed E-state index contributed by atoms with van der Waals surface area (Å²) in [5.41, 5.74) is 5.07. The maximum absolute atomic E-state index is 9.54. The molecule has 0 saturated carbocycles. The largest absolute Gasteiger partial charge is 0.508 e. The number of aromatic nitrogens is 4. The van der Waals surface area contributed by atoms with Crippen molar-refractivity contribution in [3.05, 3.63) is 60.4 Å². The summed E-state index contributed by atoms with van der Waals surface area (Å²) in [7, 11) is -1.91. The molecule has 9 nitrogen and oxygen atoms in total. The van der Waals surface area contributed by atoms with Gasteiger partial charge in [-0.2, -0.15) is 9.97 Å². The van der Waals surface area contributed by atoms with E-state index in [0.29, 0.717) is 25.6 Å². The van der Waals surface area contributed by atoms with Crippen molar-refractivity contribution in [3.63, 3.8) is 0 Å². The van der Waals surface area contributed by atoms with Crippen LogP contribution >= 0.6 is 0 Å². The molecule has 2 aromatic heterocycles. The normalized spacial score (nSPS) is 14.3. The van der Waals surface area contributed by atoms with Gasteiger partial charge in [-0.05, 0) is 66.9 Å². The Balaban J connectivity index is 1.44. The van der Waals surface area contributed by atoms with Crippen LogP contribution in [0.1, 0.15) is 45.7 Å². The van der Waals surface area contributed by atoms with E-state index in [4.69, 9.17) is 19.4 Å². The second-order valence-corrected chi connectivity index (χ2v) is 17.1. The molecular formula is C31H43N7O2Si. The number of nitrogens with zero attached hydrogens (tertiary/aromatic N) is 5. The first-order valence-electron chi connectivity index (χ1n) is 14.6. The molecule has 0 aliphatic carbocycles. The predicted molar refractivity (Wildman–Crippen MR) is 170 cm³/mol. The minimum atomic E-state index is -1.91. The second kappa shape index (κ2) is 11.7. The number of para-hydroxylation sites is 1. The Hall–Kier alpha value is -3.63. The van der Waals surface area contributed by atoms with Gasteiger partial charge in [-0.3, -0.25) is 0 Å². The van der Waals surface area contributed by atoms with E-state index in [0.717, 1.165) is 42.1 Å². The standard InChI is InChI=1S/C31H43N7O2Si/c1-7-24(20-40-41(5,6)31(2,3)4)38-21-34-27-28(37-19-16-22-10-8-9-11-26(22)37)35-30(36-29(27)38)33-18-17-32-23-12-14-25(39)15-13-23/h8-15,21,24,32,39H,7,16-20H2,1-6H3,(H,33,35,36). The van der Waals surface area contributed by atoms with Crippen molar-refractivity contribution in [1.82, 2.24) is 19.5 Å². The molecule has 218 valence electrons. The van der Waals surface area contributed by atoms with Crippen molar-refractivity contribution in [1.29, 1.82) is 0 Å². The van der Waals surface area contributed by atoms with Gasteiger partial charge in [0.15, 0.2) is 25.3 Å². The van der Waals surface area contributed by atoms with Gasteiger partial charge < -0.3 is 29.6 Å². The smallest absolute Gasteiger partial charge is 0.226 e. The molecule has 2 aromatic carbocycles. The third kappa shape index (κ3) is 6.18. The van der Waals surface area contributed by atoms with E-state index in [9.17, 15) is 5.11 Å². The van der Waals surface area contributed by atoms with E-state index in [1.54, 1.807) is 12.1 Å². The van der Waals surface area contributed by atoms with Crippen LogP contribution < -0.4 is 15.5 Å². The van der Waals surface area contributed by atoms with Crippen LogP contribution in [-0.4, -0.2) is 59.2 Å². The highest BCUT2D eigenvalue weighted by molar-refractivity contribution is 6.74. The van der Waals surface area contributed by atoms with Crippen LogP contribution in [0.25, 0.3) is 11.2 Å². The van der Waals surface area contributed by atoms with Gasteiger partial charge in [0, 0.05) is 31.0 Å². The predicted octanol–water partition coefficient (Wildman–Crippen LogP) is 6.72. The molecule has 1 unspecified atom stereocenters. The Morgan fingerprint density at radius 1 is 1.02 bits per heavy atom. The van der Waals surface area contributed by atoms with Gasteiger partial charge in [0.2, 0.25) is 5.95 Å². The fourth-order valence-corrected chi connectivity index (χ4v) is 5.91. The minimum absolute atomic E-state index is 0.117. The Morgan fingerprint density at radius 3 is 2.49 bits per heavy atom. The molecule has 3 N–H and O–H groups in total. The first kappa shape index (κ1) is 28.9. The molecule has 4 aromatic rings. The first-order valence-corrected chi connectivity index (χ1v) is 17.5. The van der Waals surface area contributed by atoms with Gasteiger partial charge in [0.05, 0.1) is 19.0 Å². The molecule has 0 saturated heterocycles. The molecule has 41 heavy (non-hydrogen) atoms. The molecule has 0 amide bonds. The summed E-state index contributed by atoms with van der Waals surface area (Å²) in [4.78, 5) is 17.1. The fourth-order valence-electron chi connectivity index (χ4n) is 4.87. The lowest BCUT2D eigenvalue weighted by Crippen LogP contribution is -2.42. The van der Waals surface area contributed by atoms with Crippen molar-refractivity contribution < 1.29 is 9.53 Å². The van der Waals surface area contributed by atoms with Crippen LogP contribution in [0, 0.1) is 0 Å². The number of hydrogen-bond acceptors (Lipinski definition) is 8. The number of fused-ring (bicyclic) bond motifs is 2. The van der Waals surface area contributed by atoms with E-state index in [1.807, 2.05) is 18.5 Å². The van der Waals surface area contributed by atoms with E-state index in [1.165, 1.54) is 11.3 Å². The van der Waals surface area contributed by atoms with Crippen LogP contribution in [0.4, 0.5) is 23.1 Å². The van der Waals surface area contributed by atoms with Gasteiger partial charge >= 0.3 is 0 Å². The van der Waals surface area contributed by atoms with E-state index < -0.39 is 8.32 Å². The molecule has 5 rings (SSSR count). The molecule has 1 aliphatic rings. The summed E-state index contributed by atoms with van der Waals surface area (Å²) < 4.78 is 8.83. The van der Waals surface area contributed by atoms with Crippen molar-refractivity contribution in [2.75, 3.05) is 41.8 Å². The number of benzene rings is 2. The zero-order chi connectivity index (χ0) is 29.2. The number of aromatic hydroxyl groups is 1. The minimum Gasteiger partial charge on any atom is -0.508 e. The SMILES string of the molecule is CCC(CO[Si](C)(C)C(C)(C)C)n1cnc2c(N3CCc4ccccc43)nc(NCCNc3ccc(O)cc3)nc21. The Morgan fingerprint density at radius 2 is 1.76 bits per heavy atom. The summed E-state index contributed by atoms with van der Waals surface area (Å²) >= 11 is 0. The molecule has 3 heterocycles. The molecule has 0 fully saturated rings. The highest BCUT2D eigenvalue weighted by Gasteiger charge is 2.38. The third-order valence-corrected chi connectivity index (χ3v) is 13.0. The van der Waals surface area contributed by atoms with Gasteiger partial charge in [0.25, 0.3) is 0 Å². The molecule has 1 atom stereocenters. The lowest BCUT2D eigenvalue weighted by Gasteiger charge is -2.37. The molecule has 0 bridgehead atoms. The number of phenolic OH excluding ortho intramolecular Hbond substituents is 1. The van der Waals surface area contributed by atoms with Crippen molar-refractivity contribution in [2.45, 2.75) is 64.7 Å². The number of hydrogen-bond donors (Lipinski definition) is 3. The van der Waals surface area contributed by atoms with E-state index >= 15 is 0 Å². The topological polar surface area (TPSA) is 100 Å². The maximum Gasteiger partial charge on any atom is 0.226 e. The van der Waals surface area contributed by atoms with Crippen molar-refractivity contribution in [2.24, 2.45) is 0 Å². The molecule has 0 spiro atoms. The monoisotopic (exact) mass is 573 g/mol. The van der Waals surface area contributed by atoms with Crippen LogP contribution in [0.3, 0.4) is 0 Å². The summed E-state index contributed by atoms with van der Waals surface area (Å²) in [6, 6.07) is 15.7. The Labute approximate surface area is 244 Å². The van der Waals surface area contributed by atoms with Gasteiger partial charge in [0.1, 0.15) is 5.75 Å².